The van der Waals surface area contributed by atoms with E-state index in [-0.39, 0.29) is 16.8 Å². The van der Waals surface area contributed by atoms with Crippen molar-refractivity contribution >= 4 is 34.7 Å². The van der Waals surface area contributed by atoms with Crippen LogP contribution in [0.1, 0.15) is 22.7 Å². The van der Waals surface area contributed by atoms with Gasteiger partial charge < -0.3 is 9.84 Å². The molecule has 0 spiro atoms. The first kappa shape index (κ1) is 23.4. The average Bonchev–Trinajstić information content (AvgIpc) is 3.03. The van der Waals surface area contributed by atoms with Gasteiger partial charge in [0.1, 0.15) is 11.5 Å². The molecule has 9 heteroatoms. The highest BCUT2D eigenvalue weighted by molar-refractivity contribution is 6.51. The molecule has 4 rings (SSSR count). The monoisotopic (exact) mass is 487 g/mol. The molecule has 0 bridgehead atoms. The van der Waals surface area contributed by atoms with Crippen LogP contribution in [0.3, 0.4) is 0 Å². The predicted octanol–water partition coefficient (Wildman–Crippen LogP) is 6.17. The van der Waals surface area contributed by atoms with Crippen molar-refractivity contribution in [2.75, 3.05) is 4.90 Å². The lowest BCUT2D eigenvalue weighted by Gasteiger charge is -2.26. The van der Waals surface area contributed by atoms with Gasteiger partial charge in [-0.25, -0.2) is 0 Å². The fourth-order valence-corrected chi connectivity index (χ4v) is 4.07. The number of carbonyl (C=O) groups is 2. The van der Waals surface area contributed by atoms with Gasteiger partial charge in [-0.3, -0.25) is 14.5 Å². The molecule has 1 saturated heterocycles. The summed E-state index contributed by atoms with van der Waals surface area (Å²) in [5.41, 5.74) is 1.32. The van der Waals surface area contributed by atoms with E-state index in [0.717, 1.165) is 22.6 Å². The van der Waals surface area contributed by atoms with Crippen LogP contribution >= 0.6 is 11.6 Å². The van der Waals surface area contributed by atoms with Crippen LogP contribution in [-0.4, -0.2) is 23.2 Å². The maximum absolute atomic E-state index is 13.1. The number of anilines is 1. The highest BCUT2D eigenvalue weighted by Crippen LogP contribution is 2.43. The van der Waals surface area contributed by atoms with E-state index in [2.05, 4.69) is 4.74 Å². The maximum Gasteiger partial charge on any atom is 0.573 e. The van der Waals surface area contributed by atoms with Gasteiger partial charge in [0.15, 0.2) is 0 Å². The lowest BCUT2D eigenvalue weighted by molar-refractivity contribution is -0.274. The van der Waals surface area contributed by atoms with Crippen molar-refractivity contribution in [2.24, 2.45) is 0 Å². The number of amides is 1. The second-order valence-corrected chi connectivity index (χ2v) is 8.08. The molecule has 1 amide bonds. The van der Waals surface area contributed by atoms with Crippen LogP contribution < -0.4 is 9.64 Å². The molecule has 1 heterocycles. The first-order valence-electron chi connectivity index (χ1n) is 10.0. The quantitative estimate of drug-likeness (QED) is 0.271. The zero-order valence-electron chi connectivity index (χ0n) is 17.6. The number of aryl methyl sites for hydroxylation is 1. The van der Waals surface area contributed by atoms with E-state index in [1.54, 1.807) is 30.3 Å². The molecule has 1 aliphatic rings. The second-order valence-electron chi connectivity index (χ2n) is 7.64. The van der Waals surface area contributed by atoms with Gasteiger partial charge in [-0.1, -0.05) is 59.6 Å². The van der Waals surface area contributed by atoms with E-state index < -0.39 is 35.6 Å². The van der Waals surface area contributed by atoms with Crippen molar-refractivity contribution in [2.45, 2.75) is 19.3 Å². The Balaban J connectivity index is 1.92. The molecule has 0 aliphatic carbocycles. The fraction of sp³-hybridized carbons (Fsp3) is 0.120. The van der Waals surface area contributed by atoms with Crippen LogP contribution in [0.15, 0.2) is 78.4 Å². The molecule has 174 valence electrons. The Morgan fingerprint density at radius 2 is 1.71 bits per heavy atom. The Morgan fingerprint density at radius 1 is 1.00 bits per heavy atom. The number of carbonyl (C=O) groups excluding carboxylic acids is 2. The molecular weight excluding hydrogens is 471 g/mol. The third kappa shape index (κ3) is 4.63. The number of hydrogen-bond acceptors (Lipinski definition) is 4. The lowest BCUT2D eigenvalue weighted by Crippen LogP contribution is -2.29. The summed E-state index contributed by atoms with van der Waals surface area (Å²) in [5.74, 6) is -2.98. The zero-order chi connectivity index (χ0) is 24.6. The molecule has 1 N–H and O–H groups in total. The second kappa shape index (κ2) is 8.87. The number of ether oxygens (including phenoxy) is 1. The molecular formula is C25H17ClF3NO4. The van der Waals surface area contributed by atoms with Crippen LogP contribution in [0, 0.1) is 6.92 Å². The standard InChI is InChI=1S/C25H17ClF3NO4/c1-14-5-2-6-15(11-14)21-20(22(31)16-7-3-8-17(26)12-16)23(32)24(33)30(21)18-9-4-10-19(13-18)34-25(27,28)29/h2-13,21,31H,1H3/b22-20+. The molecule has 34 heavy (non-hydrogen) atoms. The summed E-state index contributed by atoms with van der Waals surface area (Å²) in [6.07, 6.45) is -4.94. The van der Waals surface area contributed by atoms with Gasteiger partial charge in [-0.15, -0.1) is 13.2 Å². The summed E-state index contributed by atoms with van der Waals surface area (Å²) >= 11 is 6.03. The fourth-order valence-electron chi connectivity index (χ4n) is 3.88. The molecule has 3 aromatic carbocycles. The van der Waals surface area contributed by atoms with Gasteiger partial charge in [0.05, 0.1) is 11.6 Å². The van der Waals surface area contributed by atoms with Gasteiger partial charge in [0.25, 0.3) is 11.7 Å². The van der Waals surface area contributed by atoms with Gasteiger partial charge in [0.2, 0.25) is 0 Å². The van der Waals surface area contributed by atoms with Gasteiger partial charge >= 0.3 is 6.36 Å². The number of Topliss-reactive ketones (excluding diaryl/α,β-unsaturated/α-hetero) is 1. The molecule has 0 saturated carbocycles. The normalized spacial score (nSPS) is 17.8. The number of halogens is 4. The van der Waals surface area contributed by atoms with Crippen molar-refractivity contribution < 1.29 is 32.6 Å². The van der Waals surface area contributed by atoms with Crippen LogP contribution in [-0.2, 0) is 9.59 Å². The van der Waals surface area contributed by atoms with Crippen LogP contribution in [0.2, 0.25) is 5.02 Å². The van der Waals surface area contributed by atoms with E-state index in [1.165, 1.54) is 24.3 Å². The minimum atomic E-state index is -4.94. The van der Waals surface area contributed by atoms with Gasteiger partial charge in [0, 0.05) is 22.3 Å². The van der Waals surface area contributed by atoms with E-state index in [1.807, 2.05) is 13.0 Å². The first-order chi connectivity index (χ1) is 16.0. The number of benzene rings is 3. The van der Waals surface area contributed by atoms with Crippen molar-refractivity contribution in [3.05, 3.63) is 100 Å². The third-order valence-corrected chi connectivity index (χ3v) is 5.46. The molecule has 1 fully saturated rings. The third-order valence-electron chi connectivity index (χ3n) is 5.23. The average molecular weight is 488 g/mol. The minimum Gasteiger partial charge on any atom is -0.507 e. The van der Waals surface area contributed by atoms with E-state index in [0.29, 0.717) is 10.6 Å². The number of ketones is 1. The topological polar surface area (TPSA) is 66.8 Å². The Hall–Kier alpha value is -3.78. The summed E-state index contributed by atoms with van der Waals surface area (Å²) in [5, 5.41) is 11.4. The number of aliphatic hydroxyl groups excluding tert-OH is 1. The summed E-state index contributed by atoms with van der Waals surface area (Å²) in [6, 6.07) is 16.7. The SMILES string of the molecule is Cc1cccc(C2/C(=C(\O)c3cccc(Cl)c3)C(=O)C(=O)N2c2cccc(OC(F)(F)F)c2)c1. The minimum absolute atomic E-state index is 0.000463. The molecule has 5 nitrogen and oxygen atoms in total. The zero-order valence-corrected chi connectivity index (χ0v) is 18.4. The summed E-state index contributed by atoms with van der Waals surface area (Å²) in [6.45, 7) is 1.81. The van der Waals surface area contributed by atoms with Crippen LogP contribution in [0.5, 0.6) is 5.75 Å². The van der Waals surface area contributed by atoms with Gasteiger partial charge in [-0.05, 0) is 36.8 Å². The molecule has 1 atom stereocenters. The van der Waals surface area contributed by atoms with Crippen LogP contribution in [0.25, 0.3) is 5.76 Å². The van der Waals surface area contributed by atoms with Crippen LogP contribution in [0.4, 0.5) is 18.9 Å². The summed E-state index contributed by atoms with van der Waals surface area (Å²) < 4.78 is 42.2. The van der Waals surface area contributed by atoms with E-state index in [9.17, 15) is 27.9 Å². The molecule has 1 aliphatic heterocycles. The largest absolute Gasteiger partial charge is 0.573 e. The number of hydrogen-bond donors (Lipinski definition) is 1. The Labute approximate surface area is 197 Å². The highest BCUT2D eigenvalue weighted by atomic mass is 35.5. The van der Waals surface area contributed by atoms with Crippen molar-refractivity contribution in [3.63, 3.8) is 0 Å². The number of aliphatic hydroxyl groups is 1. The molecule has 3 aromatic rings. The van der Waals surface area contributed by atoms with Crippen molar-refractivity contribution in [1.82, 2.24) is 0 Å². The highest BCUT2D eigenvalue weighted by Gasteiger charge is 2.47. The van der Waals surface area contributed by atoms with Gasteiger partial charge in [-0.2, -0.15) is 0 Å². The van der Waals surface area contributed by atoms with Crippen molar-refractivity contribution in [3.8, 4) is 5.75 Å². The number of nitrogens with zero attached hydrogens (tertiary/aromatic N) is 1. The van der Waals surface area contributed by atoms with E-state index >= 15 is 0 Å². The Kier molecular flexibility index (Phi) is 6.10. The predicted molar refractivity (Wildman–Crippen MR) is 121 cm³/mol. The molecule has 0 radical (unpaired) electrons. The molecule has 1 unspecified atom stereocenters. The maximum atomic E-state index is 13.1. The number of alkyl halides is 3. The lowest BCUT2D eigenvalue weighted by atomic mass is 9.94. The Bertz CT molecular complexity index is 1320. The summed E-state index contributed by atoms with van der Waals surface area (Å²) in [7, 11) is 0. The Morgan fingerprint density at radius 3 is 2.38 bits per heavy atom. The number of rotatable bonds is 4. The smallest absolute Gasteiger partial charge is 0.507 e. The first-order valence-corrected chi connectivity index (χ1v) is 10.4. The summed E-state index contributed by atoms with van der Waals surface area (Å²) in [4.78, 5) is 27.3. The van der Waals surface area contributed by atoms with E-state index in [4.69, 9.17) is 11.6 Å². The van der Waals surface area contributed by atoms with Crippen molar-refractivity contribution in [1.29, 1.82) is 0 Å². The molecule has 0 aromatic heterocycles.